The van der Waals surface area contributed by atoms with Gasteiger partial charge in [-0.2, -0.15) is 16.3 Å². The summed E-state index contributed by atoms with van der Waals surface area (Å²) in [6, 6.07) is 7.44. The first-order chi connectivity index (χ1) is 12.5. The molecule has 2 heterocycles. The molecular weight excluding hydrogens is 352 g/mol. The summed E-state index contributed by atoms with van der Waals surface area (Å²) in [6.07, 6.45) is 0.346. The number of aromatic nitrogens is 2. The fourth-order valence-electron chi connectivity index (χ4n) is 2.50. The number of ether oxygens (including phenoxy) is 1. The zero-order chi connectivity index (χ0) is 18.5. The number of carbonyl (C=O) groups excluding carboxylic acids is 2. The van der Waals surface area contributed by atoms with Gasteiger partial charge in [-0.25, -0.2) is 0 Å². The van der Waals surface area contributed by atoms with Gasteiger partial charge in [-0.15, -0.1) is 0 Å². The van der Waals surface area contributed by atoms with Gasteiger partial charge in [0.25, 0.3) is 0 Å². The maximum Gasteiger partial charge on any atom is 0.306 e. The van der Waals surface area contributed by atoms with Gasteiger partial charge < -0.3 is 9.26 Å². The fraction of sp³-hybridized carbons (Fsp3) is 0.263. The third-order valence-corrected chi connectivity index (χ3v) is 4.52. The largest absolute Gasteiger partial charge is 0.457 e. The lowest BCUT2D eigenvalue weighted by Crippen LogP contribution is -2.15. The zero-order valence-corrected chi connectivity index (χ0v) is 15.3. The van der Waals surface area contributed by atoms with Gasteiger partial charge in [0, 0.05) is 22.9 Å². The SMILES string of the molecule is Cc1ccc(C(=O)COC(=O)CCc2nc(-c3ccsc3)no2)c(C)c1. The molecule has 0 bridgehead atoms. The van der Waals surface area contributed by atoms with Crippen LogP contribution in [0.5, 0.6) is 0 Å². The number of ketones is 1. The van der Waals surface area contributed by atoms with Crippen molar-refractivity contribution in [3.8, 4) is 11.4 Å². The smallest absolute Gasteiger partial charge is 0.306 e. The van der Waals surface area contributed by atoms with Crippen LogP contribution in [0.1, 0.15) is 33.8 Å². The lowest BCUT2D eigenvalue weighted by Gasteiger charge is -2.07. The zero-order valence-electron chi connectivity index (χ0n) is 14.5. The van der Waals surface area contributed by atoms with Crippen LogP contribution in [0.3, 0.4) is 0 Å². The molecule has 0 aliphatic heterocycles. The molecule has 26 heavy (non-hydrogen) atoms. The maximum atomic E-state index is 12.2. The molecule has 0 unspecified atom stereocenters. The first kappa shape index (κ1) is 18.0. The van der Waals surface area contributed by atoms with Crippen LogP contribution in [0, 0.1) is 13.8 Å². The molecule has 2 aromatic heterocycles. The summed E-state index contributed by atoms with van der Waals surface area (Å²) >= 11 is 1.54. The molecule has 7 heteroatoms. The van der Waals surface area contributed by atoms with Crippen LogP contribution in [0.2, 0.25) is 0 Å². The van der Waals surface area contributed by atoms with Crippen molar-refractivity contribution in [3.05, 3.63) is 57.6 Å². The lowest BCUT2D eigenvalue weighted by atomic mass is 10.0. The Morgan fingerprint density at radius 1 is 1.23 bits per heavy atom. The average molecular weight is 370 g/mol. The summed E-state index contributed by atoms with van der Waals surface area (Å²) in [4.78, 5) is 28.3. The van der Waals surface area contributed by atoms with Crippen LogP contribution in [0.25, 0.3) is 11.4 Å². The molecule has 1 aromatic carbocycles. The van der Waals surface area contributed by atoms with E-state index in [9.17, 15) is 9.59 Å². The van der Waals surface area contributed by atoms with Gasteiger partial charge in [0.15, 0.2) is 6.61 Å². The Kier molecular flexibility index (Phi) is 5.58. The maximum absolute atomic E-state index is 12.2. The topological polar surface area (TPSA) is 82.3 Å². The summed E-state index contributed by atoms with van der Waals surface area (Å²) in [6.45, 7) is 3.55. The van der Waals surface area contributed by atoms with Crippen LogP contribution < -0.4 is 0 Å². The van der Waals surface area contributed by atoms with Gasteiger partial charge in [-0.1, -0.05) is 28.9 Å². The molecule has 3 rings (SSSR count). The van der Waals surface area contributed by atoms with Gasteiger partial charge in [-0.05, 0) is 30.9 Å². The van der Waals surface area contributed by atoms with Gasteiger partial charge in [-0.3, -0.25) is 9.59 Å². The van der Waals surface area contributed by atoms with Gasteiger partial charge in [0.1, 0.15) is 0 Å². The highest BCUT2D eigenvalue weighted by molar-refractivity contribution is 7.08. The van der Waals surface area contributed by atoms with Gasteiger partial charge in [0.05, 0.1) is 6.42 Å². The highest BCUT2D eigenvalue weighted by Gasteiger charge is 2.14. The number of esters is 1. The van der Waals surface area contributed by atoms with E-state index in [-0.39, 0.29) is 25.2 Å². The standard InChI is InChI=1S/C19H18N2O4S/c1-12-3-4-15(13(2)9-12)16(22)10-24-18(23)6-5-17-20-19(21-25-17)14-7-8-26-11-14/h3-4,7-9,11H,5-6,10H2,1-2H3. The summed E-state index contributed by atoms with van der Waals surface area (Å²) in [5.41, 5.74) is 3.41. The van der Waals surface area contributed by atoms with Crippen LogP contribution in [0.4, 0.5) is 0 Å². The van der Waals surface area contributed by atoms with E-state index in [0.717, 1.165) is 16.7 Å². The van der Waals surface area contributed by atoms with E-state index in [1.54, 1.807) is 17.4 Å². The molecule has 0 saturated carbocycles. The van der Waals surface area contributed by atoms with Crippen molar-refractivity contribution in [1.82, 2.24) is 10.1 Å². The van der Waals surface area contributed by atoms with E-state index in [1.807, 2.05) is 42.8 Å². The molecule has 6 nitrogen and oxygen atoms in total. The third-order valence-electron chi connectivity index (χ3n) is 3.84. The predicted molar refractivity (Wildman–Crippen MR) is 97.1 cm³/mol. The Labute approximate surface area is 154 Å². The molecule has 0 atom stereocenters. The fourth-order valence-corrected chi connectivity index (χ4v) is 3.13. The Balaban J connectivity index is 1.48. The number of carbonyl (C=O) groups is 2. The number of nitrogens with zero attached hydrogens (tertiary/aromatic N) is 2. The number of thiophene rings is 1. The van der Waals surface area contributed by atoms with E-state index in [1.165, 1.54) is 0 Å². The van der Waals surface area contributed by atoms with Crippen molar-refractivity contribution in [1.29, 1.82) is 0 Å². The van der Waals surface area contributed by atoms with E-state index in [2.05, 4.69) is 10.1 Å². The second kappa shape index (κ2) is 8.05. The minimum absolute atomic E-state index is 0.0748. The first-order valence-electron chi connectivity index (χ1n) is 8.14. The average Bonchev–Trinajstić information content (AvgIpc) is 3.29. The molecule has 3 aromatic rings. The molecule has 0 N–H and O–H groups in total. The van der Waals surface area contributed by atoms with E-state index in [0.29, 0.717) is 17.3 Å². The minimum atomic E-state index is -0.474. The molecule has 0 aliphatic carbocycles. The van der Waals surface area contributed by atoms with Crippen molar-refractivity contribution >= 4 is 23.1 Å². The Morgan fingerprint density at radius 2 is 2.08 bits per heavy atom. The van der Waals surface area contributed by atoms with Crippen molar-refractivity contribution in [3.63, 3.8) is 0 Å². The number of Topliss-reactive ketones (excluding diaryl/α,β-unsaturated/α-hetero) is 1. The number of hydrogen-bond acceptors (Lipinski definition) is 7. The number of rotatable bonds is 7. The highest BCUT2D eigenvalue weighted by Crippen LogP contribution is 2.19. The third kappa shape index (κ3) is 4.43. The Bertz CT molecular complexity index is 916. The van der Waals surface area contributed by atoms with Crippen molar-refractivity contribution in [2.45, 2.75) is 26.7 Å². The summed E-state index contributed by atoms with van der Waals surface area (Å²) < 4.78 is 10.2. The van der Waals surface area contributed by atoms with E-state index in [4.69, 9.17) is 9.26 Å². The summed E-state index contributed by atoms with van der Waals surface area (Å²) in [5, 5.41) is 7.73. The van der Waals surface area contributed by atoms with Crippen LogP contribution >= 0.6 is 11.3 Å². The number of aryl methyl sites for hydroxylation is 3. The molecular formula is C19H18N2O4S. The molecule has 0 aliphatic rings. The van der Waals surface area contributed by atoms with Crippen LogP contribution in [-0.4, -0.2) is 28.5 Å². The Morgan fingerprint density at radius 3 is 2.81 bits per heavy atom. The van der Waals surface area contributed by atoms with Crippen molar-refractivity contribution < 1.29 is 18.8 Å². The summed E-state index contributed by atoms with van der Waals surface area (Å²) in [7, 11) is 0. The monoisotopic (exact) mass is 370 g/mol. The molecule has 0 fully saturated rings. The van der Waals surface area contributed by atoms with E-state index < -0.39 is 5.97 Å². The van der Waals surface area contributed by atoms with Crippen LogP contribution in [0.15, 0.2) is 39.5 Å². The van der Waals surface area contributed by atoms with Gasteiger partial charge in [0.2, 0.25) is 17.5 Å². The summed E-state index contributed by atoms with van der Waals surface area (Å²) in [5.74, 6) is 0.176. The minimum Gasteiger partial charge on any atom is -0.457 e. The molecule has 0 spiro atoms. The second-order valence-electron chi connectivity index (χ2n) is 5.93. The van der Waals surface area contributed by atoms with Gasteiger partial charge >= 0.3 is 5.97 Å². The van der Waals surface area contributed by atoms with Crippen molar-refractivity contribution in [2.24, 2.45) is 0 Å². The second-order valence-corrected chi connectivity index (χ2v) is 6.71. The number of hydrogen-bond donors (Lipinski definition) is 0. The Hall–Kier alpha value is -2.80. The molecule has 134 valence electrons. The molecule has 0 radical (unpaired) electrons. The molecule has 0 amide bonds. The highest BCUT2D eigenvalue weighted by atomic mass is 32.1. The number of benzene rings is 1. The normalized spacial score (nSPS) is 10.7. The van der Waals surface area contributed by atoms with Crippen LogP contribution in [-0.2, 0) is 16.0 Å². The van der Waals surface area contributed by atoms with Crippen molar-refractivity contribution in [2.75, 3.05) is 6.61 Å². The molecule has 0 saturated heterocycles. The predicted octanol–water partition coefficient (Wildman–Crippen LogP) is 3.77. The first-order valence-corrected chi connectivity index (χ1v) is 9.08. The van der Waals surface area contributed by atoms with E-state index >= 15 is 0 Å². The lowest BCUT2D eigenvalue weighted by molar-refractivity contribution is -0.142. The quantitative estimate of drug-likeness (QED) is 0.465.